The first kappa shape index (κ1) is 18.5. The van der Waals surface area contributed by atoms with Crippen molar-refractivity contribution in [3.63, 3.8) is 0 Å². The van der Waals surface area contributed by atoms with Crippen LogP contribution in [0.25, 0.3) is 0 Å². The summed E-state index contributed by atoms with van der Waals surface area (Å²) in [6.07, 6.45) is 0.216. The summed E-state index contributed by atoms with van der Waals surface area (Å²) in [5.41, 5.74) is 0.660. The molecule has 7 nitrogen and oxygen atoms in total. The number of nitro groups is 1. The molecule has 2 aromatic rings. The van der Waals surface area contributed by atoms with Crippen LogP contribution >= 0.6 is 11.8 Å². The van der Waals surface area contributed by atoms with Gasteiger partial charge in [-0.1, -0.05) is 11.8 Å². The molecule has 8 heteroatoms. The number of carbonyl (C=O) groups is 2. The second-order valence-electron chi connectivity index (χ2n) is 5.15. The number of carbonyl (C=O) groups excluding carboxylic acids is 2. The summed E-state index contributed by atoms with van der Waals surface area (Å²) < 4.78 is 0. The zero-order chi connectivity index (χ0) is 18.2. The maximum atomic E-state index is 11.7. The van der Waals surface area contributed by atoms with Crippen molar-refractivity contribution in [3.8, 4) is 0 Å². The number of carboxylic acids is 1. The van der Waals surface area contributed by atoms with E-state index in [-0.39, 0.29) is 30.9 Å². The van der Waals surface area contributed by atoms with Gasteiger partial charge in [0.15, 0.2) is 0 Å². The van der Waals surface area contributed by atoms with Gasteiger partial charge in [0.1, 0.15) is 0 Å². The smallest absolute Gasteiger partial charge is 0.269 e. The van der Waals surface area contributed by atoms with Crippen LogP contribution < -0.4 is 10.4 Å². The SMILES string of the molecule is O=C([O-])CCCC(=O)Nc1ccc(Sc2ccc([N+](=O)[O-])cc2)cc1. The molecule has 0 unspecified atom stereocenters. The summed E-state index contributed by atoms with van der Waals surface area (Å²) in [6, 6.07) is 13.4. The van der Waals surface area contributed by atoms with Crippen molar-refractivity contribution in [2.24, 2.45) is 0 Å². The number of amides is 1. The normalized spacial score (nSPS) is 10.2. The van der Waals surface area contributed by atoms with E-state index in [9.17, 15) is 24.8 Å². The average Bonchev–Trinajstić information content (AvgIpc) is 2.57. The van der Waals surface area contributed by atoms with Crippen LogP contribution in [0.1, 0.15) is 19.3 Å². The lowest BCUT2D eigenvalue weighted by Gasteiger charge is -2.07. The van der Waals surface area contributed by atoms with E-state index in [1.165, 1.54) is 23.9 Å². The molecule has 0 aliphatic rings. The fourth-order valence-corrected chi connectivity index (χ4v) is 2.81. The van der Waals surface area contributed by atoms with E-state index in [0.717, 1.165) is 9.79 Å². The van der Waals surface area contributed by atoms with Gasteiger partial charge in [-0.2, -0.15) is 0 Å². The maximum Gasteiger partial charge on any atom is 0.269 e. The number of nitro benzene ring substituents is 1. The lowest BCUT2D eigenvalue weighted by atomic mass is 10.2. The highest BCUT2D eigenvalue weighted by atomic mass is 32.2. The van der Waals surface area contributed by atoms with Gasteiger partial charge in [-0.25, -0.2) is 0 Å². The Morgan fingerprint density at radius 1 is 0.960 bits per heavy atom. The van der Waals surface area contributed by atoms with Crippen LogP contribution in [0.3, 0.4) is 0 Å². The van der Waals surface area contributed by atoms with Gasteiger partial charge in [-0.3, -0.25) is 14.9 Å². The molecule has 0 radical (unpaired) electrons. The summed E-state index contributed by atoms with van der Waals surface area (Å²) in [7, 11) is 0. The van der Waals surface area contributed by atoms with Gasteiger partial charge < -0.3 is 15.2 Å². The molecule has 1 N–H and O–H groups in total. The third-order valence-corrected chi connectivity index (χ3v) is 4.22. The van der Waals surface area contributed by atoms with E-state index in [4.69, 9.17) is 0 Å². The Balaban J connectivity index is 1.87. The Kier molecular flexibility index (Phi) is 6.53. The molecule has 1 amide bonds. The molecule has 0 bridgehead atoms. The van der Waals surface area contributed by atoms with Crippen LogP contribution in [0.5, 0.6) is 0 Å². The predicted molar refractivity (Wildman–Crippen MR) is 91.1 cm³/mol. The van der Waals surface area contributed by atoms with Crippen molar-refractivity contribution in [1.29, 1.82) is 0 Å². The van der Waals surface area contributed by atoms with Gasteiger partial charge in [0.2, 0.25) is 5.91 Å². The van der Waals surface area contributed by atoms with E-state index in [2.05, 4.69) is 5.32 Å². The molecule has 0 heterocycles. The summed E-state index contributed by atoms with van der Waals surface area (Å²) in [4.78, 5) is 33.9. The van der Waals surface area contributed by atoms with E-state index >= 15 is 0 Å². The molecular formula is C17H15N2O5S-. The molecule has 0 aliphatic heterocycles. The van der Waals surface area contributed by atoms with Crippen LogP contribution in [0.4, 0.5) is 11.4 Å². The number of benzene rings is 2. The second-order valence-corrected chi connectivity index (χ2v) is 6.30. The quantitative estimate of drug-likeness (QED) is 0.573. The third-order valence-electron chi connectivity index (χ3n) is 3.21. The van der Waals surface area contributed by atoms with E-state index in [0.29, 0.717) is 5.69 Å². The van der Waals surface area contributed by atoms with Crippen LogP contribution in [0.2, 0.25) is 0 Å². The van der Waals surface area contributed by atoms with Crippen molar-refractivity contribution in [1.82, 2.24) is 0 Å². The van der Waals surface area contributed by atoms with Gasteiger partial charge in [0, 0.05) is 40.0 Å². The molecule has 0 fully saturated rings. The number of nitrogens with one attached hydrogen (secondary N) is 1. The largest absolute Gasteiger partial charge is 0.550 e. The Labute approximate surface area is 148 Å². The van der Waals surface area contributed by atoms with Crippen LogP contribution in [-0.4, -0.2) is 16.8 Å². The van der Waals surface area contributed by atoms with Crippen molar-refractivity contribution in [2.45, 2.75) is 29.1 Å². The molecule has 0 aliphatic carbocycles. The van der Waals surface area contributed by atoms with E-state index in [1.807, 2.05) is 12.1 Å². The molecule has 25 heavy (non-hydrogen) atoms. The van der Waals surface area contributed by atoms with Crippen molar-refractivity contribution < 1.29 is 19.6 Å². The van der Waals surface area contributed by atoms with E-state index in [1.54, 1.807) is 24.3 Å². The Morgan fingerprint density at radius 2 is 1.52 bits per heavy atom. The second kappa shape index (κ2) is 8.84. The number of anilines is 1. The monoisotopic (exact) mass is 359 g/mol. The molecule has 2 rings (SSSR count). The number of rotatable bonds is 8. The standard InChI is InChI=1S/C17H16N2O5S/c20-16(2-1-3-17(21)22)18-12-4-8-14(9-5-12)25-15-10-6-13(7-11-15)19(23)24/h4-11H,1-3H2,(H,18,20)(H,21,22)/p-1. The van der Waals surface area contributed by atoms with Crippen molar-refractivity contribution in [3.05, 3.63) is 58.6 Å². The lowest BCUT2D eigenvalue weighted by Crippen LogP contribution is -2.22. The zero-order valence-electron chi connectivity index (χ0n) is 13.1. The Hall–Kier alpha value is -2.87. The first-order valence-electron chi connectivity index (χ1n) is 7.46. The molecule has 0 aromatic heterocycles. The molecule has 0 atom stereocenters. The fraction of sp³-hybridized carbons (Fsp3) is 0.176. The predicted octanol–water partition coefficient (Wildman–Crippen LogP) is 2.60. The minimum Gasteiger partial charge on any atom is -0.550 e. The number of nitrogens with zero attached hydrogens (tertiary/aromatic N) is 1. The van der Waals surface area contributed by atoms with Gasteiger partial charge >= 0.3 is 0 Å². The molecule has 0 saturated heterocycles. The summed E-state index contributed by atoms with van der Waals surface area (Å²) in [6.45, 7) is 0. The number of carboxylic acid groups (broad SMARTS) is 1. The maximum absolute atomic E-state index is 11.7. The van der Waals surface area contributed by atoms with Crippen molar-refractivity contribution >= 4 is 35.0 Å². The lowest BCUT2D eigenvalue weighted by molar-refractivity contribution is -0.384. The molecule has 0 spiro atoms. The summed E-state index contributed by atoms with van der Waals surface area (Å²) in [5.74, 6) is -1.42. The third kappa shape index (κ3) is 6.27. The molecule has 0 saturated carbocycles. The van der Waals surface area contributed by atoms with Crippen LogP contribution in [0, 0.1) is 10.1 Å². The first-order valence-corrected chi connectivity index (χ1v) is 8.28. The summed E-state index contributed by atoms with van der Waals surface area (Å²) in [5, 5.41) is 23.6. The van der Waals surface area contributed by atoms with Crippen LogP contribution in [-0.2, 0) is 9.59 Å². The first-order chi connectivity index (χ1) is 11.9. The molecule has 130 valence electrons. The van der Waals surface area contributed by atoms with Gasteiger partial charge in [-0.05, 0) is 49.2 Å². The Morgan fingerprint density at radius 3 is 2.04 bits per heavy atom. The zero-order valence-corrected chi connectivity index (χ0v) is 14.0. The number of aliphatic carboxylic acids is 1. The topological polar surface area (TPSA) is 112 Å². The number of hydrogen-bond acceptors (Lipinski definition) is 6. The highest BCUT2D eigenvalue weighted by molar-refractivity contribution is 7.99. The fourth-order valence-electron chi connectivity index (χ4n) is 2.00. The van der Waals surface area contributed by atoms with Gasteiger partial charge in [0.25, 0.3) is 5.69 Å². The Bertz CT molecular complexity index is 760. The highest BCUT2D eigenvalue weighted by Crippen LogP contribution is 2.29. The minimum absolute atomic E-state index is 0.0427. The highest BCUT2D eigenvalue weighted by Gasteiger charge is 2.06. The number of hydrogen-bond donors (Lipinski definition) is 1. The minimum atomic E-state index is -1.17. The molecular weight excluding hydrogens is 344 g/mol. The van der Waals surface area contributed by atoms with E-state index < -0.39 is 10.9 Å². The number of non-ortho nitro benzene ring substituents is 1. The van der Waals surface area contributed by atoms with Crippen molar-refractivity contribution in [2.75, 3.05) is 5.32 Å². The van der Waals surface area contributed by atoms with Crippen LogP contribution in [0.15, 0.2) is 58.3 Å². The average molecular weight is 359 g/mol. The van der Waals surface area contributed by atoms with Gasteiger partial charge in [0.05, 0.1) is 4.92 Å². The van der Waals surface area contributed by atoms with Gasteiger partial charge in [-0.15, -0.1) is 0 Å². The molecule has 2 aromatic carbocycles. The summed E-state index contributed by atoms with van der Waals surface area (Å²) >= 11 is 1.45.